The summed E-state index contributed by atoms with van der Waals surface area (Å²) < 4.78 is 0.820. The van der Waals surface area contributed by atoms with Gasteiger partial charge in [0.2, 0.25) is 0 Å². The lowest BCUT2D eigenvalue weighted by Gasteiger charge is -2.36. The second-order valence-electron chi connectivity index (χ2n) is 5.34. The van der Waals surface area contributed by atoms with E-state index in [0.29, 0.717) is 6.42 Å². The topological polar surface area (TPSA) is 37.3 Å². The van der Waals surface area contributed by atoms with E-state index in [0.717, 1.165) is 30.0 Å². The van der Waals surface area contributed by atoms with Crippen molar-refractivity contribution in [1.82, 2.24) is 0 Å². The van der Waals surface area contributed by atoms with Crippen molar-refractivity contribution in [3.8, 4) is 0 Å². The predicted molar refractivity (Wildman–Crippen MR) is 75.4 cm³/mol. The van der Waals surface area contributed by atoms with Gasteiger partial charge < -0.3 is 5.11 Å². The van der Waals surface area contributed by atoms with Gasteiger partial charge in [0.25, 0.3) is 0 Å². The molecule has 1 aromatic heterocycles. The second kappa shape index (κ2) is 6.07. The molecule has 0 unspecified atom stereocenters. The number of hydrogen-bond donors (Lipinski definition) is 1. The zero-order chi connectivity index (χ0) is 13.0. The molecule has 0 amide bonds. The van der Waals surface area contributed by atoms with Crippen molar-refractivity contribution < 1.29 is 9.90 Å². The Bertz CT molecular complexity index is 408. The molecule has 18 heavy (non-hydrogen) atoms. The van der Waals surface area contributed by atoms with Crippen LogP contribution in [0, 0.1) is 5.41 Å². The number of rotatable bonds is 5. The molecule has 1 heterocycles. The fourth-order valence-corrected chi connectivity index (χ4v) is 4.10. The molecule has 0 saturated heterocycles. The Morgan fingerprint density at radius 1 is 1.33 bits per heavy atom. The highest BCUT2D eigenvalue weighted by atomic mass is 35.5. The number of thiophene rings is 1. The van der Waals surface area contributed by atoms with Crippen LogP contribution in [0.3, 0.4) is 0 Å². The highest BCUT2D eigenvalue weighted by molar-refractivity contribution is 7.16. The zero-order valence-electron chi connectivity index (χ0n) is 10.5. The lowest BCUT2D eigenvalue weighted by atomic mass is 9.69. The molecule has 0 spiro atoms. The normalized spacial score (nSPS) is 18.7. The van der Waals surface area contributed by atoms with Gasteiger partial charge in [-0.05, 0) is 43.2 Å². The number of aliphatic carboxylic acids is 1. The van der Waals surface area contributed by atoms with Crippen LogP contribution in [0.5, 0.6) is 0 Å². The first-order valence-corrected chi connectivity index (χ1v) is 7.75. The summed E-state index contributed by atoms with van der Waals surface area (Å²) in [7, 11) is 0. The highest BCUT2D eigenvalue weighted by Crippen LogP contribution is 2.43. The molecule has 0 aromatic carbocycles. The van der Waals surface area contributed by atoms with Crippen molar-refractivity contribution in [3.63, 3.8) is 0 Å². The van der Waals surface area contributed by atoms with Gasteiger partial charge in [0.15, 0.2) is 0 Å². The van der Waals surface area contributed by atoms with Gasteiger partial charge in [-0.2, -0.15) is 0 Å². The van der Waals surface area contributed by atoms with Crippen molar-refractivity contribution in [3.05, 3.63) is 21.3 Å². The van der Waals surface area contributed by atoms with E-state index in [1.165, 1.54) is 24.1 Å². The summed E-state index contributed by atoms with van der Waals surface area (Å²) in [6, 6.07) is 3.98. The maximum atomic E-state index is 11.1. The molecule has 0 atom stereocenters. The van der Waals surface area contributed by atoms with Crippen LogP contribution >= 0.6 is 22.9 Å². The molecule has 0 bridgehead atoms. The van der Waals surface area contributed by atoms with Crippen molar-refractivity contribution in [2.24, 2.45) is 5.41 Å². The van der Waals surface area contributed by atoms with Crippen LogP contribution in [-0.4, -0.2) is 11.1 Å². The molecule has 1 aliphatic rings. The molecule has 1 aliphatic carbocycles. The van der Waals surface area contributed by atoms with Gasteiger partial charge in [-0.1, -0.05) is 30.9 Å². The van der Waals surface area contributed by atoms with E-state index >= 15 is 0 Å². The molecule has 4 heteroatoms. The minimum Gasteiger partial charge on any atom is -0.481 e. The average Bonchev–Trinajstić information content (AvgIpc) is 2.73. The number of carboxylic acids is 1. The van der Waals surface area contributed by atoms with Gasteiger partial charge in [-0.25, -0.2) is 0 Å². The van der Waals surface area contributed by atoms with Crippen LogP contribution in [0.4, 0.5) is 0 Å². The average molecular weight is 287 g/mol. The third-order valence-corrected chi connectivity index (χ3v) is 5.26. The number of carbonyl (C=O) groups is 1. The van der Waals surface area contributed by atoms with Crippen molar-refractivity contribution in [2.75, 3.05) is 0 Å². The summed E-state index contributed by atoms with van der Waals surface area (Å²) in [4.78, 5) is 12.3. The van der Waals surface area contributed by atoms with Gasteiger partial charge in [0.05, 0.1) is 10.8 Å². The SMILES string of the molecule is O=C(O)CC1(CCc2ccc(Cl)s2)CCCCC1. The molecule has 1 aromatic rings. The van der Waals surface area contributed by atoms with Crippen molar-refractivity contribution >= 4 is 28.9 Å². The Balaban J connectivity index is 1.98. The van der Waals surface area contributed by atoms with Gasteiger partial charge in [0.1, 0.15) is 0 Å². The number of halogens is 1. The van der Waals surface area contributed by atoms with E-state index in [2.05, 4.69) is 6.07 Å². The second-order valence-corrected chi connectivity index (χ2v) is 7.14. The first-order valence-electron chi connectivity index (χ1n) is 6.56. The molecule has 100 valence electrons. The van der Waals surface area contributed by atoms with E-state index in [-0.39, 0.29) is 5.41 Å². The number of carboxylic acid groups (broad SMARTS) is 1. The first-order chi connectivity index (χ1) is 8.60. The molecule has 2 rings (SSSR count). The summed E-state index contributed by atoms with van der Waals surface area (Å²) in [5, 5.41) is 9.11. The van der Waals surface area contributed by atoms with Gasteiger partial charge >= 0.3 is 5.97 Å². The Morgan fingerprint density at radius 2 is 2.06 bits per heavy atom. The minimum atomic E-state index is -0.652. The molecular formula is C14H19ClO2S. The molecule has 2 nitrogen and oxygen atoms in total. The Morgan fingerprint density at radius 3 is 2.61 bits per heavy atom. The summed E-state index contributed by atoms with van der Waals surface area (Å²) >= 11 is 7.54. The maximum Gasteiger partial charge on any atom is 0.303 e. The van der Waals surface area contributed by atoms with E-state index in [4.69, 9.17) is 16.7 Å². The monoisotopic (exact) mass is 286 g/mol. The molecule has 1 fully saturated rings. The van der Waals surface area contributed by atoms with E-state index < -0.39 is 5.97 Å². The maximum absolute atomic E-state index is 11.1. The van der Waals surface area contributed by atoms with Crippen LogP contribution in [0.15, 0.2) is 12.1 Å². The van der Waals surface area contributed by atoms with E-state index in [1.807, 2.05) is 6.07 Å². The van der Waals surface area contributed by atoms with E-state index in [9.17, 15) is 4.79 Å². The lowest BCUT2D eigenvalue weighted by Crippen LogP contribution is -2.28. The fraction of sp³-hybridized carbons (Fsp3) is 0.643. The third-order valence-electron chi connectivity index (χ3n) is 3.97. The number of hydrogen-bond acceptors (Lipinski definition) is 2. The predicted octanol–water partition coefficient (Wildman–Crippen LogP) is 4.76. The quantitative estimate of drug-likeness (QED) is 0.847. The number of aryl methyl sites for hydroxylation is 1. The van der Waals surface area contributed by atoms with Crippen LogP contribution in [0.2, 0.25) is 4.34 Å². The Kier molecular flexibility index (Phi) is 4.68. The lowest BCUT2D eigenvalue weighted by molar-refractivity contribution is -0.140. The van der Waals surface area contributed by atoms with E-state index in [1.54, 1.807) is 11.3 Å². The summed E-state index contributed by atoms with van der Waals surface area (Å²) in [6.07, 6.45) is 8.02. The van der Waals surface area contributed by atoms with Crippen LogP contribution < -0.4 is 0 Å². The highest BCUT2D eigenvalue weighted by Gasteiger charge is 2.33. The zero-order valence-corrected chi connectivity index (χ0v) is 12.0. The molecular weight excluding hydrogens is 268 g/mol. The molecule has 1 N–H and O–H groups in total. The largest absolute Gasteiger partial charge is 0.481 e. The van der Waals surface area contributed by atoms with Crippen molar-refractivity contribution in [2.45, 2.75) is 51.4 Å². The van der Waals surface area contributed by atoms with Gasteiger partial charge in [0, 0.05) is 4.88 Å². The van der Waals surface area contributed by atoms with Crippen LogP contribution in [0.25, 0.3) is 0 Å². The van der Waals surface area contributed by atoms with Crippen LogP contribution in [-0.2, 0) is 11.2 Å². The summed E-state index contributed by atoms with van der Waals surface area (Å²) in [5.41, 5.74) is 0.0283. The molecule has 0 aliphatic heterocycles. The van der Waals surface area contributed by atoms with Crippen LogP contribution in [0.1, 0.15) is 49.8 Å². The van der Waals surface area contributed by atoms with Gasteiger partial charge in [-0.15, -0.1) is 11.3 Å². The first kappa shape index (κ1) is 13.9. The Labute approximate surface area is 117 Å². The fourth-order valence-electron chi connectivity index (χ4n) is 3.01. The van der Waals surface area contributed by atoms with Gasteiger partial charge in [-0.3, -0.25) is 4.79 Å². The summed E-state index contributed by atoms with van der Waals surface area (Å²) in [6.45, 7) is 0. The smallest absolute Gasteiger partial charge is 0.303 e. The third kappa shape index (κ3) is 3.72. The molecule has 1 saturated carbocycles. The minimum absolute atomic E-state index is 0.0283. The summed E-state index contributed by atoms with van der Waals surface area (Å²) in [5.74, 6) is -0.652. The molecule has 0 radical (unpaired) electrons. The van der Waals surface area contributed by atoms with Crippen molar-refractivity contribution in [1.29, 1.82) is 0 Å². The Hall–Kier alpha value is -0.540. The standard InChI is InChI=1S/C14H19ClO2S/c15-12-5-4-11(18-12)6-9-14(10-13(16)17)7-2-1-3-8-14/h4-5H,1-3,6-10H2,(H,16,17).